The fraction of sp³-hybridized carbons (Fsp3) is 0.167. The standard InChI is InChI=1S/C18H18O2/c19-18(14-13-17-10-5-2-6-11-17)20-15-7-12-16-8-3-1-4-9-16/h1-11,15H,12-14H2/b15-7+. The summed E-state index contributed by atoms with van der Waals surface area (Å²) in [5.74, 6) is -0.196. The summed E-state index contributed by atoms with van der Waals surface area (Å²) in [5.41, 5.74) is 2.35. The van der Waals surface area contributed by atoms with Gasteiger partial charge >= 0.3 is 5.97 Å². The van der Waals surface area contributed by atoms with Crippen LogP contribution in [-0.4, -0.2) is 5.97 Å². The molecule has 2 rings (SSSR count). The van der Waals surface area contributed by atoms with Crippen molar-refractivity contribution in [2.75, 3.05) is 0 Å². The maximum absolute atomic E-state index is 11.6. The molecule has 0 radical (unpaired) electrons. The quantitative estimate of drug-likeness (QED) is 0.585. The predicted octanol–water partition coefficient (Wildman–Crippen LogP) is 3.92. The van der Waals surface area contributed by atoms with Gasteiger partial charge in [-0.3, -0.25) is 4.79 Å². The van der Waals surface area contributed by atoms with Crippen molar-refractivity contribution >= 4 is 5.97 Å². The van der Waals surface area contributed by atoms with Crippen LogP contribution in [0.5, 0.6) is 0 Å². The highest BCUT2D eigenvalue weighted by Crippen LogP contribution is 2.04. The molecular weight excluding hydrogens is 248 g/mol. The summed E-state index contributed by atoms with van der Waals surface area (Å²) in [6, 6.07) is 20.0. The number of hydrogen-bond acceptors (Lipinski definition) is 2. The van der Waals surface area contributed by atoms with E-state index in [0.29, 0.717) is 12.8 Å². The van der Waals surface area contributed by atoms with Gasteiger partial charge in [0, 0.05) is 6.42 Å². The van der Waals surface area contributed by atoms with Crippen molar-refractivity contribution in [3.8, 4) is 0 Å². The maximum atomic E-state index is 11.6. The van der Waals surface area contributed by atoms with E-state index in [1.807, 2.05) is 66.7 Å². The van der Waals surface area contributed by atoms with E-state index in [-0.39, 0.29) is 5.97 Å². The van der Waals surface area contributed by atoms with Gasteiger partial charge in [0.25, 0.3) is 0 Å². The zero-order valence-electron chi connectivity index (χ0n) is 11.4. The van der Waals surface area contributed by atoms with Crippen LogP contribution in [0.4, 0.5) is 0 Å². The van der Waals surface area contributed by atoms with Crippen LogP contribution in [0.1, 0.15) is 17.5 Å². The molecule has 2 nitrogen and oxygen atoms in total. The zero-order chi connectivity index (χ0) is 14.0. The minimum Gasteiger partial charge on any atom is -0.435 e. The Balaban J connectivity index is 1.67. The van der Waals surface area contributed by atoms with Gasteiger partial charge in [-0.2, -0.15) is 0 Å². The van der Waals surface area contributed by atoms with E-state index >= 15 is 0 Å². The Morgan fingerprint density at radius 2 is 1.50 bits per heavy atom. The predicted molar refractivity (Wildman–Crippen MR) is 80.1 cm³/mol. The van der Waals surface area contributed by atoms with E-state index < -0.39 is 0 Å². The Morgan fingerprint density at radius 1 is 0.900 bits per heavy atom. The summed E-state index contributed by atoms with van der Waals surface area (Å²) in [5, 5.41) is 0. The summed E-state index contributed by atoms with van der Waals surface area (Å²) in [4.78, 5) is 11.6. The van der Waals surface area contributed by atoms with Gasteiger partial charge in [0.1, 0.15) is 0 Å². The molecule has 0 spiro atoms. The lowest BCUT2D eigenvalue weighted by Gasteiger charge is -2.00. The number of allylic oxidation sites excluding steroid dienone is 1. The molecule has 20 heavy (non-hydrogen) atoms. The molecule has 0 bridgehead atoms. The van der Waals surface area contributed by atoms with Gasteiger partial charge in [0.15, 0.2) is 0 Å². The Bertz CT molecular complexity index is 544. The number of carbonyl (C=O) groups is 1. The summed E-state index contributed by atoms with van der Waals surface area (Å²) in [7, 11) is 0. The van der Waals surface area contributed by atoms with Gasteiger partial charge in [-0.05, 0) is 30.0 Å². The molecule has 0 aliphatic heterocycles. The monoisotopic (exact) mass is 266 g/mol. The highest BCUT2D eigenvalue weighted by molar-refractivity contribution is 5.70. The number of hydrogen-bond donors (Lipinski definition) is 0. The summed E-state index contributed by atoms with van der Waals surface area (Å²) >= 11 is 0. The number of rotatable bonds is 6. The zero-order valence-corrected chi connectivity index (χ0v) is 11.4. The normalized spacial score (nSPS) is 10.6. The van der Waals surface area contributed by atoms with E-state index in [9.17, 15) is 4.79 Å². The molecule has 2 aromatic carbocycles. The first kappa shape index (κ1) is 14.1. The molecule has 0 aliphatic carbocycles. The molecule has 0 aliphatic rings. The molecule has 0 fully saturated rings. The topological polar surface area (TPSA) is 26.3 Å². The third-order valence-corrected chi connectivity index (χ3v) is 2.95. The van der Waals surface area contributed by atoms with Gasteiger partial charge < -0.3 is 4.74 Å². The highest BCUT2D eigenvalue weighted by atomic mass is 16.5. The Morgan fingerprint density at radius 3 is 2.15 bits per heavy atom. The average molecular weight is 266 g/mol. The molecule has 0 saturated carbocycles. The molecular formula is C18H18O2. The van der Waals surface area contributed by atoms with Crippen molar-refractivity contribution in [2.45, 2.75) is 19.3 Å². The molecule has 2 aromatic rings. The molecule has 2 heteroatoms. The van der Waals surface area contributed by atoms with Crippen LogP contribution >= 0.6 is 0 Å². The van der Waals surface area contributed by atoms with Crippen molar-refractivity contribution in [3.05, 3.63) is 84.1 Å². The second-order valence-corrected chi connectivity index (χ2v) is 4.54. The number of ether oxygens (including phenoxy) is 1. The van der Waals surface area contributed by atoms with E-state index in [1.165, 1.54) is 11.8 Å². The van der Waals surface area contributed by atoms with Gasteiger partial charge in [-0.15, -0.1) is 0 Å². The molecule has 0 saturated heterocycles. The minimum absolute atomic E-state index is 0.196. The fourth-order valence-electron chi connectivity index (χ4n) is 1.87. The van der Waals surface area contributed by atoms with Gasteiger partial charge in [-0.1, -0.05) is 60.7 Å². The number of benzene rings is 2. The SMILES string of the molecule is O=C(CCc1ccccc1)O/C=C/Cc1ccccc1. The number of carbonyl (C=O) groups excluding carboxylic acids is 1. The van der Waals surface area contributed by atoms with Gasteiger partial charge in [0.2, 0.25) is 0 Å². The van der Waals surface area contributed by atoms with Crippen molar-refractivity contribution in [2.24, 2.45) is 0 Å². The first-order valence-corrected chi connectivity index (χ1v) is 6.77. The molecule has 0 heterocycles. The molecule has 0 unspecified atom stereocenters. The van der Waals surface area contributed by atoms with Gasteiger partial charge in [-0.25, -0.2) is 0 Å². The number of esters is 1. The third kappa shape index (κ3) is 5.11. The second kappa shape index (κ2) is 7.95. The van der Waals surface area contributed by atoms with E-state index in [2.05, 4.69) is 0 Å². The molecule has 0 amide bonds. The Labute approximate surface area is 119 Å². The van der Waals surface area contributed by atoms with Crippen LogP contribution in [0.15, 0.2) is 73.0 Å². The molecule has 0 aromatic heterocycles. The second-order valence-electron chi connectivity index (χ2n) is 4.54. The number of aryl methyl sites for hydroxylation is 1. The van der Waals surface area contributed by atoms with E-state index in [0.717, 1.165) is 12.0 Å². The van der Waals surface area contributed by atoms with Crippen molar-refractivity contribution in [1.82, 2.24) is 0 Å². The van der Waals surface area contributed by atoms with Crippen molar-refractivity contribution in [3.63, 3.8) is 0 Å². The molecule has 102 valence electrons. The summed E-state index contributed by atoms with van der Waals surface area (Å²) in [6.45, 7) is 0. The van der Waals surface area contributed by atoms with Crippen LogP contribution in [0, 0.1) is 0 Å². The van der Waals surface area contributed by atoms with Crippen molar-refractivity contribution in [1.29, 1.82) is 0 Å². The summed E-state index contributed by atoms with van der Waals surface area (Å²) < 4.78 is 5.07. The van der Waals surface area contributed by atoms with E-state index in [1.54, 1.807) is 0 Å². The van der Waals surface area contributed by atoms with Crippen molar-refractivity contribution < 1.29 is 9.53 Å². The Kier molecular flexibility index (Phi) is 5.59. The summed E-state index contributed by atoms with van der Waals surface area (Å²) in [6.07, 6.45) is 5.23. The minimum atomic E-state index is -0.196. The lowest BCUT2D eigenvalue weighted by molar-refractivity contribution is -0.137. The lowest BCUT2D eigenvalue weighted by Crippen LogP contribution is -2.01. The fourth-order valence-corrected chi connectivity index (χ4v) is 1.87. The van der Waals surface area contributed by atoms with Gasteiger partial charge in [0.05, 0.1) is 6.26 Å². The Hall–Kier alpha value is -2.35. The van der Waals surface area contributed by atoms with Crippen LogP contribution in [-0.2, 0) is 22.4 Å². The first-order chi connectivity index (χ1) is 9.84. The smallest absolute Gasteiger partial charge is 0.310 e. The van der Waals surface area contributed by atoms with Crippen LogP contribution in [0.2, 0.25) is 0 Å². The maximum Gasteiger partial charge on any atom is 0.310 e. The lowest BCUT2D eigenvalue weighted by atomic mass is 10.1. The van der Waals surface area contributed by atoms with E-state index in [4.69, 9.17) is 4.74 Å². The highest BCUT2D eigenvalue weighted by Gasteiger charge is 2.01. The molecule has 0 N–H and O–H groups in total. The first-order valence-electron chi connectivity index (χ1n) is 6.77. The van der Waals surface area contributed by atoms with Crippen LogP contribution in [0.3, 0.4) is 0 Å². The van der Waals surface area contributed by atoms with Crippen LogP contribution in [0.25, 0.3) is 0 Å². The average Bonchev–Trinajstić information content (AvgIpc) is 2.52. The van der Waals surface area contributed by atoms with Crippen LogP contribution < -0.4 is 0 Å². The largest absolute Gasteiger partial charge is 0.435 e. The molecule has 0 atom stereocenters. The third-order valence-electron chi connectivity index (χ3n) is 2.95.